The van der Waals surface area contributed by atoms with Crippen molar-refractivity contribution < 1.29 is 5.11 Å². The second-order valence-corrected chi connectivity index (χ2v) is 8.33. The lowest BCUT2D eigenvalue weighted by Crippen LogP contribution is -2.28. The molecule has 28 heavy (non-hydrogen) atoms. The highest BCUT2D eigenvalue weighted by Gasteiger charge is 2.34. The van der Waals surface area contributed by atoms with Crippen LogP contribution in [-0.2, 0) is 0 Å². The second-order valence-electron chi connectivity index (χ2n) is 7.48. The van der Waals surface area contributed by atoms with Crippen molar-refractivity contribution in [3.8, 4) is 22.4 Å². The van der Waals surface area contributed by atoms with Gasteiger partial charge in [-0.2, -0.15) is 0 Å². The summed E-state index contributed by atoms with van der Waals surface area (Å²) >= 11 is 1.49. The molecule has 1 fully saturated rings. The Hall–Kier alpha value is -2.92. The number of hydrogen-bond donors (Lipinski definition) is 2. The molecule has 1 aromatic heterocycles. The molecule has 140 valence electrons. The fourth-order valence-electron chi connectivity index (χ4n) is 3.61. The van der Waals surface area contributed by atoms with Crippen LogP contribution in [0, 0.1) is 11.3 Å². The summed E-state index contributed by atoms with van der Waals surface area (Å²) in [7, 11) is 0. The largest absolute Gasteiger partial charge is 0.510 e. The Labute approximate surface area is 168 Å². The van der Waals surface area contributed by atoms with Gasteiger partial charge < -0.3 is 10.0 Å². The van der Waals surface area contributed by atoms with E-state index in [0.29, 0.717) is 23.9 Å². The zero-order valence-corrected chi connectivity index (χ0v) is 16.2. The predicted molar refractivity (Wildman–Crippen MR) is 115 cm³/mol. The van der Waals surface area contributed by atoms with Crippen molar-refractivity contribution in [2.45, 2.75) is 12.8 Å². The van der Waals surface area contributed by atoms with Gasteiger partial charge in [0.25, 0.3) is 0 Å². The number of aliphatic hydroxyl groups excluding tert-OH is 1. The molecule has 2 aromatic carbocycles. The Morgan fingerprint density at radius 3 is 2.39 bits per heavy atom. The summed E-state index contributed by atoms with van der Waals surface area (Å²) in [5, 5.41) is 21.6. The zero-order valence-electron chi connectivity index (χ0n) is 15.4. The molecule has 1 aliphatic heterocycles. The number of nitrogens with one attached hydrogen (secondary N) is 1. The SMILES string of the molecule is N=C1C(c2nc(-c3ccc(-c4ccccc4)cc3)cs2)=C(O)CN1CC1CC1. The molecule has 2 N–H and O–H groups in total. The number of benzene rings is 2. The summed E-state index contributed by atoms with van der Waals surface area (Å²) in [6.07, 6.45) is 2.47. The van der Waals surface area contributed by atoms with E-state index in [1.54, 1.807) is 0 Å². The average Bonchev–Trinajstić information content (AvgIpc) is 3.34. The average molecular weight is 388 g/mol. The highest BCUT2D eigenvalue weighted by atomic mass is 32.1. The molecule has 3 aromatic rings. The minimum Gasteiger partial charge on any atom is -0.510 e. The van der Waals surface area contributed by atoms with E-state index in [1.165, 1.54) is 35.3 Å². The normalized spacial score (nSPS) is 16.9. The molecule has 1 saturated carbocycles. The summed E-state index contributed by atoms with van der Waals surface area (Å²) in [4.78, 5) is 6.70. The number of thiazole rings is 1. The highest BCUT2D eigenvalue weighted by molar-refractivity contribution is 7.11. The van der Waals surface area contributed by atoms with Gasteiger partial charge in [0.2, 0.25) is 0 Å². The molecule has 0 unspecified atom stereocenters. The summed E-state index contributed by atoms with van der Waals surface area (Å²) in [5.41, 5.74) is 4.89. The Kier molecular flexibility index (Phi) is 4.24. The van der Waals surface area contributed by atoms with Gasteiger partial charge in [0.1, 0.15) is 16.6 Å². The Bertz CT molecular complexity index is 1050. The van der Waals surface area contributed by atoms with Crippen LogP contribution in [0.5, 0.6) is 0 Å². The Balaban J connectivity index is 1.37. The van der Waals surface area contributed by atoms with Gasteiger partial charge in [0.05, 0.1) is 17.8 Å². The molecule has 0 spiro atoms. The number of hydrogen-bond acceptors (Lipinski definition) is 4. The van der Waals surface area contributed by atoms with Crippen molar-refractivity contribution in [3.63, 3.8) is 0 Å². The summed E-state index contributed by atoms with van der Waals surface area (Å²) in [6.45, 7) is 1.30. The molecule has 0 atom stereocenters. The van der Waals surface area contributed by atoms with Crippen molar-refractivity contribution in [1.82, 2.24) is 9.88 Å². The maximum Gasteiger partial charge on any atom is 0.135 e. The van der Waals surface area contributed by atoms with Crippen LogP contribution in [0.4, 0.5) is 0 Å². The first-order chi connectivity index (χ1) is 13.7. The first kappa shape index (κ1) is 17.2. The van der Waals surface area contributed by atoms with E-state index in [0.717, 1.165) is 22.8 Å². The minimum atomic E-state index is 0.269. The van der Waals surface area contributed by atoms with Crippen LogP contribution in [0.3, 0.4) is 0 Å². The lowest BCUT2D eigenvalue weighted by Gasteiger charge is -2.17. The third-order valence-corrected chi connectivity index (χ3v) is 6.22. The van der Waals surface area contributed by atoms with E-state index in [9.17, 15) is 5.11 Å². The molecule has 5 heteroatoms. The number of aliphatic hydroxyl groups is 1. The molecule has 2 heterocycles. The topological polar surface area (TPSA) is 60.2 Å². The molecule has 4 nitrogen and oxygen atoms in total. The van der Waals surface area contributed by atoms with Gasteiger partial charge in [0.15, 0.2) is 0 Å². The van der Waals surface area contributed by atoms with Gasteiger partial charge in [-0.15, -0.1) is 11.3 Å². The lowest BCUT2D eigenvalue weighted by atomic mass is 10.0. The number of rotatable bonds is 5. The molecule has 0 saturated heterocycles. The van der Waals surface area contributed by atoms with Gasteiger partial charge in [-0.3, -0.25) is 5.41 Å². The third kappa shape index (κ3) is 3.22. The molecule has 0 amide bonds. The maximum absolute atomic E-state index is 10.4. The van der Waals surface area contributed by atoms with Gasteiger partial charge in [-0.05, 0) is 29.9 Å². The first-order valence-corrected chi connectivity index (χ1v) is 10.4. The van der Waals surface area contributed by atoms with Gasteiger partial charge in [0, 0.05) is 17.5 Å². The summed E-state index contributed by atoms with van der Waals surface area (Å²) in [5.74, 6) is 1.36. The van der Waals surface area contributed by atoms with Crippen LogP contribution in [0.15, 0.2) is 65.7 Å². The highest BCUT2D eigenvalue weighted by Crippen LogP contribution is 2.36. The van der Waals surface area contributed by atoms with Crippen LogP contribution >= 0.6 is 11.3 Å². The van der Waals surface area contributed by atoms with Crippen LogP contribution in [-0.4, -0.2) is 33.9 Å². The molecular formula is C23H21N3OS. The van der Waals surface area contributed by atoms with Gasteiger partial charge in [-0.1, -0.05) is 54.6 Å². The third-order valence-electron chi connectivity index (χ3n) is 5.36. The van der Waals surface area contributed by atoms with Crippen LogP contribution in [0.25, 0.3) is 28.0 Å². The standard InChI is InChI=1S/C23H21N3OS/c24-22-21(20(27)13-26(22)12-15-6-7-15)23-25-19(14-28-23)18-10-8-17(9-11-18)16-4-2-1-3-5-16/h1-5,8-11,14-15,24,27H,6-7,12-13H2. The van der Waals surface area contributed by atoms with E-state index in [-0.39, 0.29) is 5.76 Å². The zero-order chi connectivity index (χ0) is 19.1. The van der Waals surface area contributed by atoms with Crippen molar-refractivity contribution in [2.75, 3.05) is 13.1 Å². The quantitative estimate of drug-likeness (QED) is 0.612. The van der Waals surface area contributed by atoms with Crippen LogP contribution < -0.4 is 0 Å². The van der Waals surface area contributed by atoms with E-state index >= 15 is 0 Å². The van der Waals surface area contributed by atoms with Crippen LogP contribution in [0.2, 0.25) is 0 Å². The van der Waals surface area contributed by atoms with E-state index < -0.39 is 0 Å². The fraction of sp³-hybridized carbons (Fsp3) is 0.217. The van der Waals surface area contributed by atoms with Gasteiger partial charge >= 0.3 is 0 Å². The molecule has 2 aliphatic rings. The van der Waals surface area contributed by atoms with Crippen LogP contribution in [0.1, 0.15) is 17.8 Å². The van der Waals surface area contributed by atoms with Gasteiger partial charge in [-0.25, -0.2) is 4.98 Å². The molecule has 5 rings (SSSR count). The van der Waals surface area contributed by atoms with Crippen molar-refractivity contribution in [1.29, 1.82) is 5.41 Å². The predicted octanol–water partition coefficient (Wildman–Crippen LogP) is 5.45. The van der Waals surface area contributed by atoms with E-state index in [1.807, 2.05) is 28.5 Å². The molecule has 1 aliphatic carbocycles. The second kappa shape index (κ2) is 6.91. The van der Waals surface area contributed by atoms with Crippen molar-refractivity contribution >= 4 is 22.7 Å². The monoisotopic (exact) mass is 387 g/mol. The molecule has 0 radical (unpaired) electrons. The maximum atomic E-state index is 10.4. The number of aromatic nitrogens is 1. The Morgan fingerprint density at radius 2 is 1.68 bits per heavy atom. The Morgan fingerprint density at radius 1 is 1.00 bits per heavy atom. The van der Waals surface area contributed by atoms with E-state index in [2.05, 4.69) is 36.4 Å². The summed E-state index contributed by atoms with van der Waals surface area (Å²) < 4.78 is 0. The molecule has 0 bridgehead atoms. The number of amidine groups is 1. The van der Waals surface area contributed by atoms with Crippen molar-refractivity contribution in [3.05, 3.63) is 70.7 Å². The first-order valence-electron chi connectivity index (χ1n) is 9.57. The molecular weight excluding hydrogens is 366 g/mol. The van der Waals surface area contributed by atoms with E-state index in [4.69, 9.17) is 10.4 Å². The number of nitrogens with zero attached hydrogens (tertiary/aromatic N) is 2. The smallest absolute Gasteiger partial charge is 0.135 e. The fourth-order valence-corrected chi connectivity index (χ4v) is 4.51. The lowest BCUT2D eigenvalue weighted by molar-refractivity contribution is 0.343. The van der Waals surface area contributed by atoms with Crippen molar-refractivity contribution in [2.24, 2.45) is 5.92 Å². The minimum absolute atomic E-state index is 0.269. The summed E-state index contributed by atoms with van der Waals surface area (Å²) in [6, 6.07) is 18.7.